The molecule has 4 nitrogen and oxygen atoms in total. The molecule has 0 saturated carbocycles. The highest BCUT2D eigenvalue weighted by molar-refractivity contribution is 6.42. The third-order valence-corrected chi connectivity index (χ3v) is 2.87. The van der Waals surface area contributed by atoms with E-state index in [-0.39, 0.29) is 5.78 Å². The van der Waals surface area contributed by atoms with Gasteiger partial charge in [-0.25, -0.2) is 4.79 Å². The van der Waals surface area contributed by atoms with Gasteiger partial charge in [0.15, 0.2) is 5.78 Å². The van der Waals surface area contributed by atoms with Gasteiger partial charge in [0.2, 0.25) is 0 Å². The number of halogens is 2. The van der Waals surface area contributed by atoms with Crippen molar-refractivity contribution < 1.29 is 9.59 Å². The summed E-state index contributed by atoms with van der Waals surface area (Å²) < 4.78 is 0. The monoisotopic (exact) mass is 274 g/mol. The number of hydrogen-bond acceptors (Lipinski definition) is 2. The molecule has 2 N–H and O–H groups in total. The van der Waals surface area contributed by atoms with Gasteiger partial charge in [-0.15, -0.1) is 0 Å². The lowest BCUT2D eigenvalue weighted by Gasteiger charge is -2.12. The fraction of sp³-hybridized carbons (Fsp3) is 0.273. The summed E-state index contributed by atoms with van der Waals surface area (Å²) in [6.45, 7) is 3.01. The van der Waals surface area contributed by atoms with Crippen molar-refractivity contribution in [1.29, 1.82) is 0 Å². The minimum absolute atomic E-state index is 0.116. The van der Waals surface area contributed by atoms with Crippen LogP contribution < -0.4 is 10.6 Å². The van der Waals surface area contributed by atoms with Crippen LogP contribution in [0, 0.1) is 0 Å². The van der Waals surface area contributed by atoms with Gasteiger partial charge in [0.25, 0.3) is 0 Å². The maximum atomic E-state index is 11.5. The zero-order valence-electron chi connectivity index (χ0n) is 9.38. The first-order valence-corrected chi connectivity index (χ1v) is 5.68. The smallest absolute Gasteiger partial charge is 0.319 e. The number of ketones is 1. The van der Waals surface area contributed by atoms with Crippen LogP contribution in [0.25, 0.3) is 0 Å². The Bertz CT molecular complexity index is 449. The summed E-state index contributed by atoms with van der Waals surface area (Å²) in [5.41, 5.74) is 0.507. The highest BCUT2D eigenvalue weighted by Crippen LogP contribution is 2.24. The molecule has 1 aromatic carbocycles. The summed E-state index contributed by atoms with van der Waals surface area (Å²) in [4.78, 5) is 22.4. The van der Waals surface area contributed by atoms with Gasteiger partial charge in [-0.2, -0.15) is 0 Å². The Morgan fingerprint density at radius 2 is 1.88 bits per heavy atom. The van der Waals surface area contributed by atoms with E-state index >= 15 is 0 Å². The van der Waals surface area contributed by atoms with Gasteiger partial charge in [0, 0.05) is 5.69 Å². The molecule has 1 atom stereocenters. The molecule has 0 aromatic heterocycles. The second-order valence-electron chi connectivity index (χ2n) is 3.56. The zero-order valence-corrected chi connectivity index (χ0v) is 10.9. The number of nitrogens with one attached hydrogen (secondary N) is 2. The average molecular weight is 275 g/mol. The van der Waals surface area contributed by atoms with Crippen LogP contribution in [0.5, 0.6) is 0 Å². The molecule has 0 aliphatic rings. The minimum atomic E-state index is -0.530. The lowest BCUT2D eigenvalue weighted by molar-refractivity contribution is -0.118. The van der Waals surface area contributed by atoms with E-state index in [9.17, 15) is 9.59 Å². The van der Waals surface area contributed by atoms with Crippen LogP contribution in [0.3, 0.4) is 0 Å². The van der Waals surface area contributed by atoms with Gasteiger partial charge in [0.1, 0.15) is 0 Å². The molecule has 0 aliphatic heterocycles. The van der Waals surface area contributed by atoms with Crippen LogP contribution in [0.15, 0.2) is 18.2 Å². The molecule has 0 bridgehead atoms. The van der Waals surface area contributed by atoms with E-state index in [0.717, 1.165) is 0 Å². The lowest BCUT2D eigenvalue weighted by atomic mass is 10.2. The SMILES string of the molecule is CC(=O)C(C)NC(=O)Nc1ccc(Cl)c(Cl)c1. The predicted molar refractivity (Wildman–Crippen MR) is 68.8 cm³/mol. The molecule has 0 aliphatic carbocycles. The van der Waals surface area contributed by atoms with E-state index in [2.05, 4.69) is 10.6 Å². The molecule has 0 spiro atoms. The number of carbonyl (C=O) groups is 2. The normalized spacial score (nSPS) is 11.8. The largest absolute Gasteiger partial charge is 0.328 e. The van der Waals surface area contributed by atoms with Crippen LogP contribution in [-0.2, 0) is 4.79 Å². The number of carbonyl (C=O) groups excluding carboxylic acids is 2. The molecular formula is C11H12Cl2N2O2. The van der Waals surface area contributed by atoms with Gasteiger partial charge in [-0.05, 0) is 32.0 Å². The second-order valence-corrected chi connectivity index (χ2v) is 4.37. The molecule has 0 fully saturated rings. The van der Waals surface area contributed by atoms with E-state index in [1.807, 2.05) is 0 Å². The van der Waals surface area contributed by atoms with Gasteiger partial charge in [-0.1, -0.05) is 23.2 Å². The van der Waals surface area contributed by atoms with E-state index in [1.165, 1.54) is 13.0 Å². The highest BCUT2D eigenvalue weighted by Gasteiger charge is 2.11. The molecule has 6 heteroatoms. The Morgan fingerprint density at radius 3 is 2.41 bits per heavy atom. The molecule has 0 saturated heterocycles. The van der Waals surface area contributed by atoms with Crippen LogP contribution in [0.2, 0.25) is 10.0 Å². The van der Waals surface area contributed by atoms with Crippen molar-refractivity contribution in [2.45, 2.75) is 19.9 Å². The van der Waals surface area contributed by atoms with Crippen molar-refractivity contribution in [3.8, 4) is 0 Å². The summed E-state index contributed by atoms with van der Waals surface area (Å²) in [6, 6.07) is 3.73. The summed E-state index contributed by atoms with van der Waals surface area (Å²) in [5, 5.41) is 5.80. The summed E-state index contributed by atoms with van der Waals surface area (Å²) in [5.74, 6) is -0.116. The van der Waals surface area contributed by atoms with Crippen molar-refractivity contribution in [3.63, 3.8) is 0 Å². The van der Waals surface area contributed by atoms with Crippen LogP contribution >= 0.6 is 23.2 Å². The Labute approximate surface area is 109 Å². The molecule has 0 heterocycles. The van der Waals surface area contributed by atoms with E-state index in [0.29, 0.717) is 15.7 Å². The Hall–Kier alpha value is -1.26. The lowest BCUT2D eigenvalue weighted by Crippen LogP contribution is -2.39. The third-order valence-electron chi connectivity index (χ3n) is 2.13. The first-order chi connectivity index (χ1) is 7.90. The van der Waals surface area contributed by atoms with Crippen molar-refractivity contribution in [3.05, 3.63) is 28.2 Å². The first kappa shape index (κ1) is 13.8. The predicted octanol–water partition coefficient (Wildman–Crippen LogP) is 3.09. The van der Waals surface area contributed by atoms with Gasteiger partial charge in [-0.3, -0.25) is 4.79 Å². The standard InChI is InChI=1S/C11H12Cl2N2O2/c1-6(7(2)16)14-11(17)15-8-3-4-9(12)10(13)5-8/h3-6H,1-2H3,(H2,14,15,17). The molecule has 92 valence electrons. The van der Waals surface area contributed by atoms with Crippen molar-refractivity contribution >= 4 is 40.7 Å². The Kier molecular flexibility index (Phi) is 4.78. The number of anilines is 1. The quantitative estimate of drug-likeness (QED) is 0.890. The highest BCUT2D eigenvalue weighted by atomic mass is 35.5. The fourth-order valence-electron chi connectivity index (χ4n) is 1.04. The Morgan fingerprint density at radius 1 is 1.24 bits per heavy atom. The van der Waals surface area contributed by atoms with Crippen LogP contribution in [-0.4, -0.2) is 17.9 Å². The van der Waals surface area contributed by atoms with Crippen LogP contribution in [0.1, 0.15) is 13.8 Å². The number of urea groups is 1. The summed E-state index contributed by atoms with van der Waals surface area (Å²) in [6.07, 6.45) is 0. The van der Waals surface area contributed by atoms with Gasteiger partial charge < -0.3 is 10.6 Å². The second kappa shape index (κ2) is 5.89. The number of rotatable bonds is 3. The van der Waals surface area contributed by atoms with Crippen molar-refractivity contribution in [1.82, 2.24) is 5.32 Å². The van der Waals surface area contributed by atoms with Gasteiger partial charge in [0.05, 0.1) is 16.1 Å². The van der Waals surface area contributed by atoms with E-state index < -0.39 is 12.1 Å². The number of amides is 2. The van der Waals surface area contributed by atoms with Crippen molar-refractivity contribution in [2.75, 3.05) is 5.32 Å². The first-order valence-electron chi connectivity index (χ1n) is 4.93. The molecule has 1 aromatic rings. The molecule has 1 rings (SSSR count). The number of benzene rings is 1. The maximum absolute atomic E-state index is 11.5. The maximum Gasteiger partial charge on any atom is 0.319 e. The minimum Gasteiger partial charge on any atom is -0.328 e. The molecule has 0 radical (unpaired) electrons. The third kappa shape index (κ3) is 4.24. The van der Waals surface area contributed by atoms with Crippen molar-refractivity contribution in [2.24, 2.45) is 0 Å². The van der Waals surface area contributed by atoms with Crippen LogP contribution in [0.4, 0.5) is 10.5 Å². The van der Waals surface area contributed by atoms with Gasteiger partial charge >= 0.3 is 6.03 Å². The molecule has 17 heavy (non-hydrogen) atoms. The number of Topliss-reactive ketones (excluding diaryl/α,β-unsaturated/α-hetero) is 1. The van der Waals surface area contributed by atoms with E-state index in [1.54, 1.807) is 19.1 Å². The summed E-state index contributed by atoms with van der Waals surface area (Å²) >= 11 is 11.5. The average Bonchev–Trinajstić information content (AvgIpc) is 2.23. The molecule has 1 unspecified atom stereocenters. The molecular weight excluding hydrogens is 263 g/mol. The van der Waals surface area contributed by atoms with E-state index in [4.69, 9.17) is 23.2 Å². The summed E-state index contributed by atoms with van der Waals surface area (Å²) in [7, 11) is 0. The Balaban J connectivity index is 2.62. The fourth-order valence-corrected chi connectivity index (χ4v) is 1.34. The topological polar surface area (TPSA) is 58.2 Å². The number of hydrogen-bond donors (Lipinski definition) is 2. The zero-order chi connectivity index (χ0) is 13.0. The molecule has 2 amide bonds.